The highest BCUT2D eigenvalue weighted by molar-refractivity contribution is 7.19. The molecule has 0 atom stereocenters. The van der Waals surface area contributed by atoms with Gasteiger partial charge in [0.15, 0.2) is 0 Å². The molecule has 0 saturated heterocycles. The number of aromatic nitrogens is 3. The topological polar surface area (TPSA) is 30.2 Å². The van der Waals surface area contributed by atoms with Crippen molar-refractivity contribution >= 4 is 27.9 Å². The summed E-state index contributed by atoms with van der Waals surface area (Å²) in [4.78, 5) is 5.53. The SMILES string of the molecule is Clc1ccc(-c2nn3cc(-c4ccccc4)nc3s2)cc1. The lowest BCUT2D eigenvalue weighted by Gasteiger charge is -1.95. The maximum Gasteiger partial charge on any atom is 0.213 e. The van der Waals surface area contributed by atoms with E-state index < -0.39 is 0 Å². The van der Waals surface area contributed by atoms with Crippen LogP contribution >= 0.6 is 22.9 Å². The van der Waals surface area contributed by atoms with Crippen LogP contribution in [0.3, 0.4) is 0 Å². The molecule has 21 heavy (non-hydrogen) atoms. The van der Waals surface area contributed by atoms with E-state index in [1.165, 1.54) is 0 Å². The first-order valence-corrected chi connectivity index (χ1v) is 7.67. The highest BCUT2D eigenvalue weighted by Gasteiger charge is 2.10. The lowest BCUT2D eigenvalue weighted by atomic mass is 10.2. The Morgan fingerprint density at radius 1 is 0.905 bits per heavy atom. The molecule has 2 aromatic carbocycles. The molecule has 102 valence electrons. The van der Waals surface area contributed by atoms with Crippen molar-refractivity contribution in [1.82, 2.24) is 14.6 Å². The van der Waals surface area contributed by atoms with E-state index in [1.54, 1.807) is 11.3 Å². The molecule has 2 heterocycles. The first kappa shape index (κ1) is 12.6. The summed E-state index contributed by atoms with van der Waals surface area (Å²) < 4.78 is 1.83. The summed E-state index contributed by atoms with van der Waals surface area (Å²) in [5.74, 6) is 0. The minimum absolute atomic E-state index is 0.728. The molecule has 0 N–H and O–H groups in total. The van der Waals surface area contributed by atoms with Gasteiger partial charge in [-0.25, -0.2) is 9.50 Å². The molecule has 0 saturated carbocycles. The summed E-state index contributed by atoms with van der Waals surface area (Å²) in [6.45, 7) is 0. The molecule has 5 heteroatoms. The third-order valence-electron chi connectivity index (χ3n) is 3.20. The predicted octanol–water partition coefficient (Wildman–Crippen LogP) is 4.78. The van der Waals surface area contributed by atoms with Crippen LogP contribution in [-0.4, -0.2) is 14.6 Å². The van der Waals surface area contributed by atoms with Gasteiger partial charge < -0.3 is 0 Å². The van der Waals surface area contributed by atoms with Crippen molar-refractivity contribution in [2.45, 2.75) is 0 Å². The number of benzene rings is 2. The zero-order valence-corrected chi connectivity index (χ0v) is 12.5. The second-order valence-electron chi connectivity index (χ2n) is 4.63. The van der Waals surface area contributed by atoms with Crippen LogP contribution in [0.1, 0.15) is 0 Å². The number of hydrogen-bond acceptors (Lipinski definition) is 3. The molecule has 0 amide bonds. The molecule has 4 aromatic rings. The number of halogens is 1. The lowest BCUT2D eigenvalue weighted by molar-refractivity contribution is 0.978. The minimum Gasteiger partial charge on any atom is -0.217 e. The van der Waals surface area contributed by atoms with Crippen LogP contribution in [0.2, 0.25) is 5.02 Å². The molecule has 0 unspecified atom stereocenters. The van der Waals surface area contributed by atoms with Crippen molar-refractivity contribution < 1.29 is 0 Å². The Bertz CT molecular complexity index is 863. The fourth-order valence-electron chi connectivity index (χ4n) is 2.16. The van der Waals surface area contributed by atoms with E-state index in [1.807, 2.05) is 65.3 Å². The van der Waals surface area contributed by atoms with Crippen LogP contribution in [0.4, 0.5) is 0 Å². The molecule has 0 aliphatic heterocycles. The quantitative estimate of drug-likeness (QED) is 0.533. The normalized spacial score (nSPS) is 11.1. The second-order valence-corrected chi connectivity index (χ2v) is 6.03. The summed E-state index contributed by atoms with van der Waals surface area (Å²) in [5.41, 5.74) is 3.09. The van der Waals surface area contributed by atoms with Crippen molar-refractivity contribution in [3.05, 3.63) is 65.8 Å². The van der Waals surface area contributed by atoms with Gasteiger partial charge in [-0.1, -0.05) is 65.4 Å². The minimum atomic E-state index is 0.728. The van der Waals surface area contributed by atoms with Gasteiger partial charge in [-0.2, -0.15) is 5.10 Å². The zero-order valence-electron chi connectivity index (χ0n) is 10.9. The van der Waals surface area contributed by atoms with E-state index in [0.717, 1.165) is 31.8 Å². The van der Waals surface area contributed by atoms with Crippen molar-refractivity contribution in [3.8, 4) is 21.8 Å². The number of hydrogen-bond donors (Lipinski definition) is 0. The number of imidazole rings is 1. The fourth-order valence-corrected chi connectivity index (χ4v) is 3.17. The summed E-state index contributed by atoms with van der Waals surface area (Å²) >= 11 is 7.48. The van der Waals surface area contributed by atoms with E-state index in [0.29, 0.717) is 0 Å². The second kappa shape index (κ2) is 4.98. The Hall–Kier alpha value is -2.17. The van der Waals surface area contributed by atoms with Crippen LogP contribution in [0.25, 0.3) is 26.8 Å². The Morgan fingerprint density at radius 3 is 2.38 bits per heavy atom. The summed E-state index contributed by atoms with van der Waals surface area (Å²) in [5, 5.41) is 6.26. The summed E-state index contributed by atoms with van der Waals surface area (Å²) in [6, 6.07) is 17.8. The number of rotatable bonds is 2. The molecule has 3 nitrogen and oxygen atoms in total. The first-order chi connectivity index (χ1) is 10.3. The molecule has 0 aliphatic rings. The summed E-state index contributed by atoms with van der Waals surface area (Å²) in [6.07, 6.45) is 1.96. The van der Waals surface area contributed by atoms with Gasteiger partial charge in [-0.3, -0.25) is 0 Å². The molecular formula is C16H10ClN3S. The predicted molar refractivity (Wildman–Crippen MR) is 86.7 cm³/mol. The van der Waals surface area contributed by atoms with Crippen LogP contribution in [0.5, 0.6) is 0 Å². The molecule has 0 radical (unpaired) electrons. The van der Waals surface area contributed by atoms with Gasteiger partial charge in [0.1, 0.15) is 5.01 Å². The molecule has 0 bridgehead atoms. The third-order valence-corrected chi connectivity index (χ3v) is 4.43. The maximum absolute atomic E-state index is 5.91. The molecule has 2 aromatic heterocycles. The highest BCUT2D eigenvalue weighted by Crippen LogP contribution is 2.28. The molecule has 0 aliphatic carbocycles. The first-order valence-electron chi connectivity index (χ1n) is 6.47. The van der Waals surface area contributed by atoms with Gasteiger partial charge in [0.2, 0.25) is 4.96 Å². The number of nitrogens with zero attached hydrogens (tertiary/aromatic N) is 3. The standard InChI is InChI=1S/C16H10ClN3S/c17-13-8-6-12(7-9-13)15-19-20-10-14(18-16(20)21-15)11-4-2-1-3-5-11/h1-10H. The van der Waals surface area contributed by atoms with Gasteiger partial charge in [-0.15, -0.1) is 0 Å². The van der Waals surface area contributed by atoms with Crippen molar-refractivity contribution in [2.75, 3.05) is 0 Å². The van der Waals surface area contributed by atoms with Crippen molar-refractivity contribution in [1.29, 1.82) is 0 Å². The molecular weight excluding hydrogens is 302 g/mol. The average Bonchev–Trinajstić information content (AvgIpc) is 3.07. The number of fused-ring (bicyclic) bond motifs is 1. The monoisotopic (exact) mass is 311 g/mol. The lowest BCUT2D eigenvalue weighted by Crippen LogP contribution is -1.82. The molecule has 0 spiro atoms. The van der Waals surface area contributed by atoms with Gasteiger partial charge in [-0.05, 0) is 12.1 Å². The van der Waals surface area contributed by atoms with E-state index in [-0.39, 0.29) is 0 Å². The van der Waals surface area contributed by atoms with E-state index >= 15 is 0 Å². The smallest absolute Gasteiger partial charge is 0.213 e. The van der Waals surface area contributed by atoms with Gasteiger partial charge in [0.25, 0.3) is 0 Å². The third kappa shape index (κ3) is 2.33. The Balaban J connectivity index is 1.75. The van der Waals surface area contributed by atoms with Crippen molar-refractivity contribution in [3.63, 3.8) is 0 Å². The van der Waals surface area contributed by atoms with E-state index in [4.69, 9.17) is 11.6 Å². The Morgan fingerprint density at radius 2 is 1.67 bits per heavy atom. The van der Waals surface area contributed by atoms with Crippen LogP contribution in [-0.2, 0) is 0 Å². The van der Waals surface area contributed by atoms with Gasteiger partial charge >= 0.3 is 0 Å². The van der Waals surface area contributed by atoms with Gasteiger partial charge in [0, 0.05) is 16.1 Å². The van der Waals surface area contributed by atoms with Crippen LogP contribution in [0, 0.1) is 0 Å². The highest BCUT2D eigenvalue weighted by atomic mass is 35.5. The Kier molecular flexibility index (Phi) is 2.98. The van der Waals surface area contributed by atoms with Gasteiger partial charge in [0.05, 0.1) is 11.9 Å². The largest absolute Gasteiger partial charge is 0.217 e. The Labute approximate surface area is 130 Å². The van der Waals surface area contributed by atoms with E-state index in [9.17, 15) is 0 Å². The maximum atomic E-state index is 5.91. The average molecular weight is 312 g/mol. The van der Waals surface area contributed by atoms with Crippen molar-refractivity contribution in [2.24, 2.45) is 0 Å². The van der Waals surface area contributed by atoms with Crippen LogP contribution < -0.4 is 0 Å². The molecule has 4 rings (SSSR count). The van der Waals surface area contributed by atoms with E-state index in [2.05, 4.69) is 10.1 Å². The van der Waals surface area contributed by atoms with Crippen LogP contribution in [0.15, 0.2) is 60.8 Å². The summed E-state index contributed by atoms with van der Waals surface area (Å²) in [7, 11) is 0. The molecule has 0 fully saturated rings. The fraction of sp³-hybridized carbons (Fsp3) is 0. The zero-order chi connectivity index (χ0) is 14.2.